The van der Waals surface area contributed by atoms with Gasteiger partial charge in [-0.2, -0.15) is 5.10 Å². The summed E-state index contributed by atoms with van der Waals surface area (Å²) in [7, 11) is 0. The molecule has 2 N–H and O–H groups in total. The van der Waals surface area contributed by atoms with Crippen LogP contribution in [0.1, 0.15) is 49.9 Å². The molecule has 0 bridgehead atoms. The Hall–Kier alpha value is -2.69. The quantitative estimate of drug-likeness (QED) is 0.620. The van der Waals surface area contributed by atoms with Gasteiger partial charge in [0, 0.05) is 17.2 Å². The van der Waals surface area contributed by atoms with E-state index in [1.807, 2.05) is 13.8 Å². The van der Waals surface area contributed by atoms with Crippen molar-refractivity contribution < 1.29 is 9.59 Å². The number of hydrogen-bond acceptors (Lipinski definition) is 3. The Morgan fingerprint density at radius 2 is 1.85 bits per heavy atom. The molecule has 1 atom stereocenters. The van der Waals surface area contributed by atoms with E-state index in [1.165, 1.54) is 0 Å². The van der Waals surface area contributed by atoms with Crippen molar-refractivity contribution >= 4 is 23.2 Å². The van der Waals surface area contributed by atoms with Crippen molar-refractivity contribution in [2.45, 2.75) is 39.5 Å². The van der Waals surface area contributed by atoms with Gasteiger partial charge in [-0.15, -0.1) is 0 Å². The Labute approximate surface area is 154 Å². The van der Waals surface area contributed by atoms with Gasteiger partial charge in [0.15, 0.2) is 0 Å². The average molecular weight is 351 g/mol. The zero-order valence-electron chi connectivity index (χ0n) is 15.3. The number of nitrogens with zero attached hydrogens (tertiary/aromatic N) is 1. The number of amides is 2. The van der Waals surface area contributed by atoms with Gasteiger partial charge >= 0.3 is 0 Å². The van der Waals surface area contributed by atoms with Crippen molar-refractivity contribution in [1.82, 2.24) is 5.43 Å². The molecule has 2 aliphatic carbocycles. The molecule has 1 aromatic rings. The van der Waals surface area contributed by atoms with E-state index in [9.17, 15) is 9.59 Å². The van der Waals surface area contributed by atoms with E-state index < -0.39 is 0 Å². The van der Waals surface area contributed by atoms with Crippen LogP contribution in [0.2, 0.25) is 0 Å². The maximum Gasteiger partial charge on any atom is 0.271 e. The molecule has 5 nitrogen and oxygen atoms in total. The second kappa shape index (κ2) is 7.68. The average Bonchev–Trinajstić information content (AvgIpc) is 3.46. The van der Waals surface area contributed by atoms with Crippen LogP contribution in [0.15, 0.2) is 53.2 Å². The van der Waals surface area contributed by atoms with Crippen LogP contribution < -0.4 is 10.7 Å². The Balaban J connectivity index is 1.60. The topological polar surface area (TPSA) is 70.6 Å². The lowest BCUT2D eigenvalue weighted by atomic mass is 9.85. The summed E-state index contributed by atoms with van der Waals surface area (Å²) in [6, 6.07) is 6.87. The van der Waals surface area contributed by atoms with E-state index in [-0.39, 0.29) is 17.7 Å². The van der Waals surface area contributed by atoms with E-state index in [1.54, 1.807) is 24.3 Å². The van der Waals surface area contributed by atoms with Crippen LogP contribution in [0, 0.1) is 11.8 Å². The molecular weight excluding hydrogens is 326 g/mol. The fourth-order valence-corrected chi connectivity index (χ4v) is 2.90. The van der Waals surface area contributed by atoms with E-state index in [4.69, 9.17) is 0 Å². The first-order valence-electron chi connectivity index (χ1n) is 9.04. The molecule has 136 valence electrons. The molecule has 0 aromatic heterocycles. The molecular formula is C21H25N3O2. The van der Waals surface area contributed by atoms with Gasteiger partial charge in [-0.05, 0) is 75.3 Å². The molecule has 2 aliphatic rings. The summed E-state index contributed by atoms with van der Waals surface area (Å²) in [5, 5.41) is 7.17. The molecule has 3 rings (SSSR count). The highest BCUT2D eigenvalue weighted by atomic mass is 16.2. The molecule has 1 unspecified atom stereocenters. The maximum absolute atomic E-state index is 12.3. The molecule has 26 heavy (non-hydrogen) atoms. The zero-order chi connectivity index (χ0) is 18.7. The lowest BCUT2D eigenvalue weighted by Crippen LogP contribution is -2.23. The number of hydrazone groups is 1. The summed E-state index contributed by atoms with van der Waals surface area (Å²) in [5.41, 5.74) is 6.98. The molecule has 2 amide bonds. The van der Waals surface area contributed by atoms with Gasteiger partial charge in [0.05, 0.1) is 5.71 Å². The smallest absolute Gasteiger partial charge is 0.271 e. The Morgan fingerprint density at radius 1 is 1.15 bits per heavy atom. The third-order valence-corrected chi connectivity index (χ3v) is 4.96. The van der Waals surface area contributed by atoms with Crippen molar-refractivity contribution in [2.24, 2.45) is 16.9 Å². The van der Waals surface area contributed by atoms with Gasteiger partial charge < -0.3 is 5.32 Å². The normalized spacial score (nSPS) is 21.1. The molecule has 0 spiro atoms. The van der Waals surface area contributed by atoms with Gasteiger partial charge in [0.1, 0.15) is 0 Å². The predicted molar refractivity (Wildman–Crippen MR) is 104 cm³/mol. The SMILES string of the molecule is C=C(C)C1CC=C(C)/C(=N/NC(=O)c2ccc(NC(=O)C3CC3)cc2)C1. The number of hydrogen-bond donors (Lipinski definition) is 2. The number of carbonyl (C=O) groups excluding carboxylic acids is 2. The highest BCUT2D eigenvalue weighted by molar-refractivity contribution is 6.02. The summed E-state index contributed by atoms with van der Waals surface area (Å²) < 4.78 is 0. The zero-order valence-corrected chi connectivity index (χ0v) is 15.3. The first-order chi connectivity index (χ1) is 12.4. The fraction of sp³-hybridized carbons (Fsp3) is 0.381. The highest BCUT2D eigenvalue weighted by Crippen LogP contribution is 2.30. The van der Waals surface area contributed by atoms with E-state index in [0.29, 0.717) is 17.2 Å². The van der Waals surface area contributed by atoms with Crippen LogP contribution >= 0.6 is 0 Å². The Morgan fingerprint density at radius 3 is 2.46 bits per heavy atom. The molecule has 0 aliphatic heterocycles. The minimum Gasteiger partial charge on any atom is -0.326 e. The van der Waals surface area contributed by atoms with Crippen molar-refractivity contribution in [1.29, 1.82) is 0 Å². The number of anilines is 1. The predicted octanol–water partition coefficient (Wildman–Crippen LogP) is 4.05. The standard InChI is InChI=1S/C21H25N3O2/c1-13(2)17-5-4-14(3)19(12-17)23-24-21(26)16-8-10-18(11-9-16)22-20(25)15-6-7-15/h4,8-11,15,17H,1,5-7,12H2,2-3H3,(H,22,25)(H,24,26)/b23-19+. The number of benzene rings is 1. The number of rotatable bonds is 5. The highest BCUT2D eigenvalue weighted by Gasteiger charge is 2.29. The Kier molecular flexibility index (Phi) is 5.35. The minimum atomic E-state index is -0.261. The maximum atomic E-state index is 12.3. The van der Waals surface area contributed by atoms with Gasteiger partial charge in [0.2, 0.25) is 5.91 Å². The minimum absolute atomic E-state index is 0.0558. The number of nitrogens with one attached hydrogen (secondary N) is 2. The third-order valence-electron chi connectivity index (χ3n) is 4.96. The van der Waals surface area contributed by atoms with Crippen LogP contribution in [0.25, 0.3) is 0 Å². The third kappa shape index (κ3) is 4.48. The summed E-state index contributed by atoms with van der Waals surface area (Å²) in [6.45, 7) is 8.06. The molecule has 1 saturated carbocycles. The van der Waals surface area contributed by atoms with Crippen molar-refractivity contribution in [3.8, 4) is 0 Å². The van der Waals surface area contributed by atoms with Crippen LogP contribution in [0.3, 0.4) is 0 Å². The summed E-state index contributed by atoms with van der Waals surface area (Å²) >= 11 is 0. The summed E-state index contributed by atoms with van der Waals surface area (Å²) in [6.07, 6.45) is 5.84. The van der Waals surface area contributed by atoms with E-state index in [2.05, 4.69) is 28.5 Å². The summed E-state index contributed by atoms with van der Waals surface area (Å²) in [4.78, 5) is 24.1. The van der Waals surface area contributed by atoms with Gasteiger partial charge in [-0.3, -0.25) is 9.59 Å². The van der Waals surface area contributed by atoms with Crippen LogP contribution in [-0.2, 0) is 4.79 Å². The van der Waals surface area contributed by atoms with Gasteiger partial charge in [-0.1, -0.05) is 18.2 Å². The van der Waals surface area contributed by atoms with Gasteiger partial charge in [-0.25, -0.2) is 5.43 Å². The van der Waals surface area contributed by atoms with E-state index in [0.717, 1.165) is 42.5 Å². The lowest BCUT2D eigenvalue weighted by molar-refractivity contribution is -0.117. The van der Waals surface area contributed by atoms with Crippen LogP contribution in [-0.4, -0.2) is 17.5 Å². The first kappa shape index (κ1) is 18.1. The molecule has 0 radical (unpaired) electrons. The van der Waals surface area contributed by atoms with Crippen molar-refractivity contribution in [2.75, 3.05) is 5.32 Å². The fourth-order valence-electron chi connectivity index (χ4n) is 2.90. The second-order valence-electron chi connectivity index (χ2n) is 7.21. The van der Waals surface area contributed by atoms with Crippen molar-refractivity contribution in [3.63, 3.8) is 0 Å². The van der Waals surface area contributed by atoms with Crippen LogP contribution in [0.4, 0.5) is 5.69 Å². The Bertz CT molecular complexity index is 786. The first-order valence-corrected chi connectivity index (χ1v) is 9.04. The van der Waals surface area contributed by atoms with Gasteiger partial charge in [0.25, 0.3) is 5.91 Å². The largest absolute Gasteiger partial charge is 0.326 e. The monoisotopic (exact) mass is 351 g/mol. The number of carbonyl (C=O) groups is 2. The molecule has 1 fully saturated rings. The van der Waals surface area contributed by atoms with Crippen molar-refractivity contribution in [3.05, 3.63) is 53.6 Å². The summed E-state index contributed by atoms with van der Waals surface area (Å²) in [5.74, 6) is 0.329. The van der Waals surface area contributed by atoms with Crippen LogP contribution in [0.5, 0.6) is 0 Å². The lowest BCUT2D eigenvalue weighted by Gasteiger charge is -2.22. The second-order valence-corrected chi connectivity index (χ2v) is 7.21. The molecule has 0 heterocycles. The van der Waals surface area contributed by atoms with E-state index >= 15 is 0 Å². The molecule has 0 saturated heterocycles. The molecule has 5 heteroatoms. The molecule has 1 aromatic carbocycles. The number of allylic oxidation sites excluding steroid dienone is 3.